The van der Waals surface area contributed by atoms with Gasteiger partial charge in [-0.1, -0.05) is 26.8 Å². The van der Waals surface area contributed by atoms with Gasteiger partial charge in [-0.3, -0.25) is 4.79 Å². The fraction of sp³-hybridized carbons (Fsp3) is 0.632. The molecule has 0 aliphatic carbocycles. The summed E-state index contributed by atoms with van der Waals surface area (Å²) < 4.78 is 32.3. The number of hydrogen-bond acceptors (Lipinski definition) is 4. The normalized spacial score (nSPS) is 19.3. The van der Waals surface area contributed by atoms with Crippen molar-refractivity contribution in [3.05, 3.63) is 29.3 Å². The zero-order chi connectivity index (χ0) is 18.9. The number of carbonyl (C=O) groups excluding carboxylic acids is 1. The van der Waals surface area contributed by atoms with Crippen molar-refractivity contribution < 1.29 is 17.9 Å². The summed E-state index contributed by atoms with van der Waals surface area (Å²) in [6, 6.07) is 5.31. The van der Waals surface area contributed by atoms with Crippen molar-refractivity contribution in [3.63, 3.8) is 0 Å². The van der Waals surface area contributed by atoms with Crippen LogP contribution < -0.4 is 0 Å². The number of amides is 1. The van der Waals surface area contributed by atoms with E-state index >= 15 is 0 Å². The first kappa shape index (κ1) is 19.3. The molecule has 1 aromatic rings. The highest BCUT2D eigenvalue weighted by Gasteiger charge is 2.29. The Hall–Kier alpha value is -1.44. The highest BCUT2D eigenvalue weighted by molar-refractivity contribution is 7.89. The lowest BCUT2D eigenvalue weighted by molar-refractivity contribution is -0.134. The standard InChI is InChI=1S/C19H28N2O4S/c1-19(2,3)13-18(22)20-7-6-15-12-17(5-4-16(15)14-20)26(23,24)21-8-10-25-11-9-21/h4-5,12H,6-11,13-14H2,1-3H3. The zero-order valence-corrected chi connectivity index (χ0v) is 16.6. The second kappa shape index (κ2) is 7.29. The van der Waals surface area contributed by atoms with Crippen LogP contribution in [0.1, 0.15) is 38.3 Å². The van der Waals surface area contributed by atoms with E-state index in [4.69, 9.17) is 4.74 Å². The van der Waals surface area contributed by atoms with Gasteiger partial charge in [0.2, 0.25) is 15.9 Å². The largest absolute Gasteiger partial charge is 0.379 e. The van der Waals surface area contributed by atoms with Crippen LogP contribution in [0.25, 0.3) is 0 Å². The Bertz CT molecular complexity index is 777. The fourth-order valence-corrected chi connectivity index (χ4v) is 4.86. The van der Waals surface area contributed by atoms with Gasteiger partial charge in [0.15, 0.2) is 0 Å². The number of hydrogen-bond donors (Lipinski definition) is 0. The molecule has 1 fully saturated rings. The first-order valence-corrected chi connectivity index (χ1v) is 10.6. The molecule has 0 saturated carbocycles. The number of fused-ring (bicyclic) bond motifs is 1. The second-order valence-electron chi connectivity index (χ2n) is 8.25. The molecule has 2 heterocycles. The van der Waals surface area contributed by atoms with Crippen LogP contribution in [-0.2, 0) is 32.5 Å². The SMILES string of the molecule is CC(C)(C)CC(=O)N1CCc2cc(S(=O)(=O)N3CCOCC3)ccc2C1. The van der Waals surface area contributed by atoms with Crippen LogP contribution >= 0.6 is 0 Å². The minimum absolute atomic E-state index is 0.0343. The predicted molar refractivity (Wildman–Crippen MR) is 99.2 cm³/mol. The highest BCUT2D eigenvalue weighted by Crippen LogP contribution is 2.27. The first-order chi connectivity index (χ1) is 12.2. The monoisotopic (exact) mass is 380 g/mol. The van der Waals surface area contributed by atoms with Gasteiger partial charge < -0.3 is 9.64 Å². The van der Waals surface area contributed by atoms with E-state index in [0.29, 0.717) is 57.1 Å². The molecule has 2 aliphatic heterocycles. The van der Waals surface area contributed by atoms with Crippen LogP contribution in [0.4, 0.5) is 0 Å². The van der Waals surface area contributed by atoms with Gasteiger partial charge in [0.25, 0.3) is 0 Å². The smallest absolute Gasteiger partial charge is 0.243 e. The Morgan fingerprint density at radius 2 is 1.81 bits per heavy atom. The molecule has 0 atom stereocenters. The summed E-state index contributed by atoms with van der Waals surface area (Å²) in [5.41, 5.74) is 2.03. The Balaban J connectivity index is 1.76. The van der Waals surface area contributed by atoms with E-state index in [0.717, 1.165) is 11.1 Å². The Kier molecular flexibility index (Phi) is 5.42. The zero-order valence-electron chi connectivity index (χ0n) is 15.8. The lowest BCUT2D eigenvalue weighted by Crippen LogP contribution is -2.41. The molecule has 0 unspecified atom stereocenters. The minimum atomic E-state index is -3.48. The molecule has 0 bridgehead atoms. The number of ether oxygens (including phenoxy) is 1. The first-order valence-electron chi connectivity index (χ1n) is 9.14. The molecule has 0 spiro atoms. The summed E-state index contributed by atoms with van der Waals surface area (Å²) in [7, 11) is -3.48. The van der Waals surface area contributed by atoms with Crippen LogP contribution in [-0.4, -0.2) is 56.4 Å². The van der Waals surface area contributed by atoms with Crippen LogP contribution in [0.5, 0.6) is 0 Å². The maximum atomic E-state index is 12.8. The lowest BCUT2D eigenvalue weighted by atomic mass is 9.91. The number of nitrogens with zero attached hydrogens (tertiary/aromatic N) is 2. The van der Waals surface area contributed by atoms with Crippen molar-refractivity contribution in [3.8, 4) is 0 Å². The minimum Gasteiger partial charge on any atom is -0.379 e. The average molecular weight is 381 g/mol. The molecule has 1 saturated heterocycles. The van der Waals surface area contributed by atoms with Crippen LogP contribution in [0.2, 0.25) is 0 Å². The predicted octanol–water partition coefficient (Wildman–Crippen LogP) is 2.03. The third-order valence-corrected chi connectivity index (χ3v) is 6.73. The summed E-state index contributed by atoms with van der Waals surface area (Å²) in [6.45, 7) is 9.06. The summed E-state index contributed by atoms with van der Waals surface area (Å²) >= 11 is 0. The van der Waals surface area contributed by atoms with Gasteiger partial charge >= 0.3 is 0 Å². The summed E-state index contributed by atoms with van der Waals surface area (Å²) in [5.74, 6) is 0.160. The van der Waals surface area contributed by atoms with Crippen molar-refractivity contribution in [2.24, 2.45) is 5.41 Å². The molecule has 7 heteroatoms. The third-order valence-electron chi connectivity index (χ3n) is 4.83. The van der Waals surface area contributed by atoms with Crippen LogP contribution in [0.15, 0.2) is 23.1 Å². The molecule has 0 aromatic heterocycles. The van der Waals surface area contributed by atoms with E-state index in [-0.39, 0.29) is 11.3 Å². The van der Waals surface area contributed by atoms with Crippen molar-refractivity contribution >= 4 is 15.9 Å². The van der Waals surface area contributed by atoms with E-state index in [1.54, 1.807) is 12.1 Å². The number of carbonyl (C=O) groups is 1. The maximum absolute atomic E-state index is 12.8. The number of rotatable bonds is 3. The maximum Gasteiger partial charge on any atom is 0.243 e. The average Bonchev–Trinajstić information content (AvgIpc) is 2.60. The molecule has 1 aromatic carbocycles. The molecule has 0 N–H and O–H groups in total. The van der Waals surface area contributed by atoms with Gasteiger partial charge in [-0.25, -0.2) is 8.42 Å². The van der Waals surface area contributed by atoms with E-state index in [1.807, 2.05) is 11.0 Å². The van der Waals surface area contributed by atoms with Crippen molar-refractivity contribution in [2.45, 2.75) is 45.1 Å². The van der Waals surface area contributed by atoms with Crippen molar-refractivity contribution in [2.75, 3.05) is 32.8 Å². The third kappa shape index (κ3) is 4.27. The van der Waals surface area contributed by atoms with E-state index in [2.05, 4.69) is 20.8 Å². The van der Waals surface area contributed by atoms with Crippen molar-refractivity contribution in [1.82, 2.24) is 9.21 Å². The van der Waals surface area contributed by atoms with Crippen molar-refractivity contribution in [1.29, 1.82) is 0 Å². The van der Waals surface area contributed by atoms with Gasteiger partial charge in [0.1, 0.15) is 0 Å². The van der Waals surface area contributed by atoms with Gasteiger partial charge in [-0.15, -0.1) is 0 Å². The molecule has 0 radical (unpaired) electrons. The van der Waals surface area contributed by atoms with Gasteiger partial charge in [-0.2, -0.15) is 4.31 Å². The quantitative estimate of drug-likeness (QED) is 0.805. The lowest BCUT2D eigenvalue weighted by Gasteiger charge is -2.32. The summed E-state index contributed by atoms with van der Waals surface area (Å²) in [6.07, 6.45) is 1.21. The molecular formula is C19H28N2O4S. The molecular weight excluding hydrogens is 352 g/mol. The topological polar surface area (TPSA) is 66.9 Å². The van der Waals surface area contributed by atoms with Gasteiger partial charge in [0.05, 0.1) is 18.1 Å². The van der Waals surface area contributed by atoms with E-state index in [1.165, 1.54) is 4.31 Å². The molecule has 6 nitrogen and oxygen atoms in total. The summed E-state index contributed by atoms with van der Waals surface area (Å²) in [5, 5.41) is 0. The Morgan fingerprint density at radius 1 is 1.12 bits per heavy atom. The van der Waals surface area contributed by atoms with Crippen LogP contribution in [0.3, 0.4) is 0 Å². The number of benzene rings is 1. The Morgan fingerprint density at radius 3 is 2.46 bits per heavy atom. The van der Waals surface area contributed by atoms with E-state index in [9.17, 15) is 13.2 Å². The molecule has 26 heavy (non-hydrogen) atoms. The number of morpholine rings is 1. The van der Waals surface area contributed by atoms with Crippen LogP contribution in [0, 0.1) is 5.41 Å². The molecule has 3 rings (SSSR count). The highest BCUT2D eigenvalue weighted by atomic mass is 32.2. The molecule has 1 amide bonds. The Labute approximate surface area is 156 Å². The number of sulfonamides is 1. The fourth-order valence-electron chi connectivity index (χ4n) is 3.40. The second-order valence-corrected chi connectivity index (χ2v) is 10.2. The van der Waals surface area contributed by atoms with Gasteiger partial charge in [-0.05, 0) is 35.1 Å². The molecule has 144 valence electrons. The molecule has 2 aliphatic rings. The van der Waals surface area contributed by atoms with Gasteiger partial charge in [0, 0.05) is 32.6 Å². The van der Waals surface area contributed by atoms with E-state index < -0.39 is 10.0 Å². The summed E-state index contributed by atoms with van der Waals surface area (Å²) in [4.78, 5) is 14.7.